The summed E-state index contributed by atoms with van der Waals surface area (Å²) in [6, 6.07) is 10.1. The number of hydrogen-bond donors (Lipinski definition) is 1. The van der Waals surface area contributed by atoms with E-state index in [1.807, 2.05) is 0 Å². The van der Waals surface area contributed by atoms with E-state index in [0.717, 1.165) is 0 Å². The largest absolute Gasteiger partial charge is 0.496 e. The number of non-ortho nitro benzene ring substituents is 1. The molecule has 0 aliphatic carbocycles. The molecule has 0 saturated heterocycles. The van der Waals surface area contributed by atoms with Crippen molar-refractivity contribution >= 4 is 34.9 Å². The Morgan fingerprint density at radius 3 is 2.50 bits per heavy atom. The lowest BCUT2D eigenvalue weighted by Crippen LogP contribution is -2.21. The molecular formula is C17H15ClN2O6. The maximum absolute atomic E-state index is 11.9. The lowest BCUT2D eigenvalue weighted by Gasteiger charge is -2.09. The maximum Gasteiger partial charge on any atom is 0.310 e. The average molecular weight is 379 g/mol. The number of carbonyl (C=O) groups excluding carboxylic acids is 2. The van der Waals surface area contributed by atoms with Gasteiger partial charge in [-0.05, 0) is 30.3 Å². The van der Waals surface area contributed by atoms with Crippen LogP contribution in [0.2, 0.25) is 5.02 Å². The van der Waals surface area contributed by atoms with Gasteiger partial charge in [0.2, 0.25) is 0 Å². The molecule has 1 N–H and O–H groups in total. The molecule has 1 amide bonds. The number of ether oxygens (including phenoxy) is 2. The van der Waals surface area contributed by atoms with Crippen LogP contribution >= 0.6 is 11.6 Å². The maximum atomic E-state index is 11.9. The monoisotopic (exact) mass is 378 g/mol. The molecule has 0 bridgehead atoms. The van der Waals surface area contributed by atoms with Crippen molar-refractivity contribution in [3.8, 4) is 5.75 Å². The predicted octanol–water partition coefficient (Wildman–Crippen LogP) is 2.98. The minimum absolute atomic E-state index is 0.0927. The first-order chi connectivity index (χ1) is 12.4. The predicted molar refractivity (Wildman–Crippen MR) is 94.4 cm³/mol. The first-order valence-corrected chi connectivity index (χ1v) is 7.79. The molecule has 136 valence electrons. The Hall–Kier alpha value is -3.13. The molecular weight excluding hydrogens is 364 g/mol. The van der Waals surface area contributed by atoms with E-state index >= 15 is 0 Å². The van der Waals surface area contributed by atoms with Gasteiger partial charge in [0.05, 0.1) is 18.5 Å². The zero-order valence-electron chi connectivity index (χ0n) is 13.7. The van der Waals surface area contributed by atoms with E-state index < -0.39 is 23.4 Å². The second-order valence-corrected chi connectivity index (χ2v) is 5.58. The van der Waals surface area contributed by atoms with Crippen LogP contribution in [0.15, 0.2) is 42.5 Å². The number of hydrogen-bond acceptors (Lipinski definition) is 6. The number of nitro groups is 1. The van der Waals surface area contributed by atoms with Crippen molar-refractivity contribution in [2.45, 2.75) is 6.42 Å². The summed E-state index contributed by atoms with van der Waals surface area (Å²) in [6.45, 7) is -0.487. The summed E-state index contributed by atoms with van der Waals surface area (Å²) in [7, 11) is 1.47. The number of rotatable bonds is 7. The van der Waals surface area contributed by atoms with Crippen LogP contribution in [0.1, 0.15) is 5.56 Å². The summed E-state index contributed by atoms with van der Waals surface area (Å²) in [5, 5.41) is 13.5. The first kappa shape index (κ1) is 19.2. The van der Waals surface area contributed by atoms with Crippen molar-refractivity contribution in [2.24, 2.45) is 0 Å². The van der Waals surface area contributed by atoms with Crippen LogP contribution in [0.4, 0.5) is 11.4 Å². The van der Waals surface area contributed by atoms with Gasteiger partial charge in [0.1, 0.15) is 5.75 Å². The van der Waals surface area contributed by atoms with Crippen LogP contribution in [0.25, 0.3) is 0 Å². The minimum atomic E-state index is -0.621. The summed E-state index contributed by atoms with van der Waals surface area (Å²) in [5.74, 6) is -0.698. The standard InChI is InChI=1S/C17H15ClN2O6/c1-25-15-7-2-12(18)8-11(15)9-17(22)26-10-16(21)19-13-3-5-14(6-4-13)20(23)24/h2-8H,9-10H2,1H3,(H,19,21). The first-order valence-electron chi connectivity index (χ1n) is 7.41. The highest BCUT2D eigenvalue weighted by molar-refractivity contribution is 6.30. The SMILES string of the molecule is COc1ccc(Cl)cc1CC(=O)OCC(=O)Nc1ccc([N+](=O)[O-])cc1. The Kier molecular flexibility index (Phi) is 6.51. The van der Waals surface area contributed by atoms with Gasteiger partial charge in [0.25, 0.3) is 11.6 Å². The van der Waals surface area contributed by atoms with Crippen molar-refractivity contribution in [1.29, 1.82) is 0 Å². The van der Waals surface area contributed by atoms with Gasteiger partial charge in [-0.25, -0.2) is 0 Å². The molecule has 0 heterocycles. The molecule has 0 aromatic heterocycles. The topological polar surface area (TPSA) is 108 Å². The summed E-state index contributed by atoms with van der Waals surface area (Å²) in [4.78, 5) is 33.7. The van der Waals surface area contributed by atoms with E-state index in [1.165, 1.54) is 31.4 Å². The van der Waals surface area contributed by atoms with Gasteiger partial charge in [-0.3, -0.25) is 19.7 Å². The van der Waals surface area contributed by atoms with E-state index in [2.05, 4.69) is 5.32 Å². The zero-order valence-corrected chi connectivity index (χ0v) is 14.5. The molecule has 0 spiro atoms. The Morgan fingerprint density at radius 1 is 1.19 bits per heavy atom. The third-order valence-corrected chi connectivity index (χ3v) is 3.54. The molecule has 0 aliphatic heterocycles. The number of anilines is 1. The minimum Gasteiger partial charge on any atom is -0.496 e. The van der Waals surface area contributed by atoms with Gasteiger partial charge in [-0.2, -0.15) is 0 Å². The number of esters is 1. The molecule has 2 aromatic carbocycles. The van der Waals surface area contributed by atoms with Crippen LogP contribution in [0, 0.1) is 10.1 Å². The number of halogens is 1. The second-order valence-electron chi connectivity index (χ2n) is 5.15. The average Bonchev–Trinajstić information content (AvgIpc) is 2.60. The van der Waals surface area contributed by atoms with Gasteiger partial charge in [0, 0.05) is 28.4 Å². The highest BCUT2D eigenvalue weighted by Gasteiger charge is 2.13. The molecule has 8 nitrogen and oxygen atoms in total. The molecule has 0 fully saturated rings. The summed E-state index contributed by atoms with van der Waals surface area (Å²) in [6.07, 6.45) is -0.103. The lowest BCUT2D eigenvalue weighted by atomic mass is 10.1. The second kappa shape index (κ2) is 8.82. The van der Waals surface area contributed by atoms with Crippen LogP contribution < -0.4 is 10.1 Å². The van der Waals surface area contributed by atoms with Gasteiger partial charge in [0.15, 0.2) is 6.61 Å². The number of nitro benzene ring substituents is 1. The Labute approximate surface area is 153 Å². The highest BCUT2D eigenvalue weighted by atomic mass is 35.5. The fourth-order valence-electron chi connectivity index (χ4n) is 2.10. The van der Waals surface area contributed by atoms with Crippen molar-refractivity contribution in [3.63, 3.8) is 0 Å². The summed E-state index contributed by atoms with van der Waals surface area (Å²) < 4.78 is 10.1. The number of carbonyl (C=O) groups is 2. The summed E-state index contributed by atoms with van der Waals surface area (Å²) >= 11 is 5.89. The number of nitrogens with zero attached hydrogens (tertiary/aromatic N) is 1. The van der Waals surface area contributed by atoms with Crippen LogP contribution in [0.3, 0.4) is 0 Å². The van der Waals surface area contributed by atoms with Crippen LogP contribution in [-0.4, -0.2) is 30.5 Å². The highest BCUT2D eigenvalue weighted by Crippen LogP contribution is 2.23. The lowest BCUT2D eigenvalue weighted by molar-refractivity contribution is -0.384. The molecule has 0 radical (unpaired) electrons. The third-order valence-electron chi connectivity index (χ3n) is 3.30. The number of amides is 1. The Bertz CT molecular complexity index is 823. The molecule has 0 aliphatic rings. The third kappa shape index (κ3) is 5.45. The number of nitrogens with one attached hydrogen (secondary N) is 1. The zero-order chi connectivity index (χ0) is 19.1. The Morgan fingerprint density at radius 2 is 1.88 bits per heavy atom. The molecule has 0 atom stereocenters. The van der Waals surface area contributed by atoms with Crippen molar-refractivity contribution in [1.82, 2.24) is 0 Å². The molecule has 2 rings (SSSR count). The van der Waals surface area contributed by atoms with Gasteiger partial charge in [-0.1, -0.05) is 11.6 Å². The number of benzene rings is 2. The molecule has 26 heavy (non-hydrogen) atoms. The van der Waals surface area contributed by atoms with Crippen LogP contribution in [0.5, 0.6) is 5.75 Å². The van der Waals surface area contributed by atoms with E-state index in [9.17, 15) is 19.7 Å². The molecule has 0 unspecified atom stereocenters. The molecule has 2 aromatic rings. The van der Waals surface area contributed by atoms with E-state index in [4.69, 9.17) is 21.1 Å². The van der Waals surface area contributed by atoms with E-state index in [-0.39, 0.29) is 12.1 Å². The van der Waals surface area contributed by atoms with E-state index in [1.54, 1.807) is 18.2 Å². The Balaban J connectivity index is 1.86. The fraction of sp³-hybridized carbons (Fsp3) is 0.176. The molecule has 9 heteroatoms. The quantitative estimate of drug-likeness (QED) is 0.451. The molecule has 0 saturated carbocycles. The fourth-order valence-corrected chi connectivity index (χ4v) is 2.30. The van der Waals surface area contributed by atoms with Crippen LogP contribution in [-0.2, 0) is 20.7 Å². The van der Waals surface area contributed by atoms with Gasteiger partial charge >= 0.3 is 5.97 Å². The van der Waals surface area contributed by atoms with Crippen molar-refractivity contribution < 1.29 is 24.0 Å². The van der Waals surface area contributed by atoms with Crippen molar-refractivity contribution in [2.75, 3.05) is 19.0 Å². The number of methoxy groups -OCH3 is 1. The van der Waals surface area contributed by atoms with Crippen molar-refractivity contribution in [3.05, 3.63) is 63.2 Å². The van der Waals surface area contributed by atoms with Gasteiger partial charge in [-0.15, -0.1) is 0 Å². The van der Waals surface area contributed by atoms with E-state index in [0.29, 0.717) is 22.0 Å². The summed E-state index contributed by atoms with van der Waals surface area (Å²) in [5.41, 5.74) is 0.804. The smallest absolute Gasteiger partial charge is 0.310 e. The van der Waals surface area contributed by atoms with Gasteiger partial charge < -0.3 is 14.8 Å². The normalized spacial score (nSPS) is 10.1.